The minimum absolute atomic E-state index is 0.130. The van der Waals surface area contributed by atoms with Crippen molar-refractivity contribution in [1.29, 1.82) is 0 Å². The van der Waals surface area contributed by atoms with Crippen molar-refractivity contribution in [3.63, 3.8) is 0 Å². The molecule has 2 N–H and O–H groups in total. The molecule has 0 aromatic carbocycles. The van der Waals surface area contributed by atoms with Gasteiger partial charge in [-0.1, -0.05) is 26.2 Å². The van der Waals surface area contributed by atoms with Gasteiger partial charge >= 0.3 is 0 Å². The van der Waals surface area contributed by atoms with Crippen LogP contribution in [0.1, 0.15) is 39.0 Å². The van der Waals surface area contributed by atoms with Crippen LogP contribution in [0, 0.1) is 5.92 Å². The molecule has 0 aliphatic heterocycles. The van der Waals surface area contributed by atoms with Crippen LogP contribution in [0.4, 0.5) is 5.95 Å². The number of hydrogen-bond donors (Lipinski definition) is 2. The summed E-state index contributed by atoms with van der Waals surface area (Å²) in [6.07, 6.45) is 7.67. The summed E-state index contributed by atoms with van der Waals surface area (Å²) < 4.78 is 1.63. The highest BCUT2D eigenvalue weighted by atomic mass is 16.1. The molecule has 0 bridgehead atoms. The molecule has 1 aliphatic carbocycles. The first kappa shape index (κ1) is 13.1. The smallest absolute Gasteiger partial charge is 0.263 e. The number of H-pyrrole nitrogens is 1. The fourth-order valence-corrected chi connectivity index (χ4v) is 3.16. The molecule has 2 atom stereocenters. The van der Waals surface area contributed by atoms with Gasteiger partial charge in [0.05, 0.1) is 6.20 Å². The van der Waals surface area contributed by atoms with Crippen molar-refractivity contribution in [3.05, 3.63) is 16.6 Å². The molecular weight excluding hydrogens is 254 g/mol. The van der Waals surface area contributed by atoms with E-state index in [1.165, 1.54) is 19.3 Å². The van der Waals surface area contributed by atoms with Crippen molar-refractivity contribution in [3.8, 4) is 0 Å². The number of nitrogens with one attached hydrogen (secondary N) is 2. The van der Waals surface area contributed by atoms with Crippen molar-refractivity contribution in [1.82, 2.24) is 19.7 Å². The maximum absolute atomic E-state index is 12.0. The van der Waals surface area contributed by atoms with Crippen LogP contribution in [0.15, 0.2) is 11.0 Å². The Hall–Kier alpha value is -1.85. The molecule has 0 saturated heterocycles. The largest absolute Gasteiger partial charge is 0.353 e. The van der Waals surface area contributed by atoms with Crippen LogP contribution in [0.2, 0.25) is 0 Å². The second kappa shape index (κ2) is 5.26. The van der Waals surface area contributed by atoms with Crippen LogP contribution in [0.25, 0.3) is 11.0 Å². The molecule has 0 spiro atoms. The topological polar surface area (TPSA) is 75.6 Å². The molecule has 6 heteroatoms. The summed E-state index contributed by atoms with van der Waals surface area (Å²) >= 11 is 0. The van der Waals surface area contributed by atoms with Gasteiger partial charge in [-0.05, 0) is 18.8 Å². The van der Waals surface area contributed by atoms with Crippen LogP contribution < -0.4 is 10.9 Å². The molecule has 0 unspecified atom stereocenters. The monoisotopic (exact) mass is 275 g/mol. The first-order chi connectivity index (χ1) is 9.69. The first-order valence-electron chi connectivity index (χ1n) is 7.37. The average molecular weight is 275 g/mol. The number of rotatable bonds is 3. The summed E-state index contributed by atoms with van der Waals surface area (Å²) in [4.78, 5) is 19.3. The average Bonchev–Trinajstić information content (AvgIpc) is 2.82. The molecule has 1 fully saturated rings. The number of hydrogen-bond acceptors (Lipinski definition) is 4. The van der Waals surface area contributed by atoms with Crippen molar-refractivity contribution < 1.29 is 0 Å². The predicted octanol–water partition coefficient (Wildman–Crippen LogP) is 2.04. The Bertz CT molecular complexity index is 659. The molecule has 1 aliphatic rings. The van der Waals surface area contributed by atoms with E-state index in [0.717, 1.165) is 12.8 Å². The van der Waals surface area contributed by atoms with Gasteiger partial charge in [0.15, 0.2) is 5.65 Å². The van der Waals surface area contributed by atoms with E-state index in [9.17, 15) is 4.79 Å². The minimum atomic E-state index is -0.130. The van der Waals surface area contributed by atoms with Crippen molar-refractivity contribution in [2.24, 2.45) is 13.0 Å². The Morgan fingerprint density at radius 2 is 2.25 bits per heavy atom. The number of aromatic nitrogens is 4. The molecular formula is C14H21N5O. The lowest BCUT2D eigenvalue weighted by atomic mass is 9.83. The molecule has 0 amide bonds. The zero-order valence-corrected chi connectivity index (χ0v) is 12.0. The molecule has 20 heavy (non-hydrogen) atoms. The second-order valence-electron chi connectivity index (χ2n) is 5.62. The van der Waals surface area contributed by atoms with E-state index < -0.39 is 0 Å². The normalized spacial score (nSPS) is 23.1. The fraction of sp³-hybridized carbons (Fsp3) is 0.643. The van der Waals surface area contributed by atoms with Crippen LogP contribution in [-0.4, -0.2) is 25.8 Å². The van der Waals surface area contributed by atoms with Gasteiger partial charge in [-0.25, -0.2) is 0 Å². The first-order valence-corrected chi connectivity index (χ1v) is 7.37. The van der Waals surface area contributed by atoms with Crippen molar-refractivity contribution in [2.45, 2.75) is 45.1 Å². The second-order valence-corrected chi connectivity index (χ2v) is 5.62. The van der Waals surface area contributed by atoms with Gasteiger partial charge in [-0.3, -0.25) is 14.5 Å². The molecule has 2 heterocycles. The summed E-state index contributed by atoms with van der Waals surface area (Å²) in [7, 11) is 1.80. The van der Waals surface area contributed by atoms with Gasteiger partial charge in [-0.15, -0.1) is 0 Å². The van der Waals surface area contributed by atoms with Crippen molar-refractivity contribution >= 4 is 17.0 Å². The standard InChI is InChI=1S/C14H21N5O/c1-3-9-6-4-5-7-11(9)16-14-17-12-10(13(20)18-14)8-15-19(12)2/h8-9,11H,3-7H2,1-2H3,(H2,16,17,18,20)/t9-,11+/m0/s1. The molecule has 2 aromatic rings. The molecule has 0 radical (unpaired) electrons. The summed E-state index contributed by atoms with van der Waals surface area (Å²) in [5.41, 5.74) is 0.495. The van der Waals surface area contributed by atoms with Crippen LogP contribution in [0.5, 0.6) is 0 Å². The number of anilines is 1. The van der Waals surface area contributed by atoms with E-state index >= 15 is 0 Å². The van der Waals surface area contributed by atoms with Gasteiger partial charge in [0.25, 0.3) is 5.56 Å². The lowest BCUT2D eigenvalue weighted by Gasteiger charge is -2.31. The van der Waals surface area contributed by atoms with E-state index in [4.69, 9.17) is 0 Å². The van der Waals surface area contributed by atoms with Gasteiger partial charge < -0.3 is 5.32 Å². The van der Waals surface area contributed by atoms with E-state index in [-0.39, 0.29) is 5.56 Å². The van der Waals surface area contributed by atoms with Gasteiger partial charge in [0.1, 0.15) is 5.39 Å². The maximum atomic E-state index is 12.0. The Balaban J connectivity index is 1.90. The van der Waals surface area contributed by atoms with E-state index in [0.29, 0.717) is 28.9 Å². The predicted molar refractivity (Wildman–Crippen MR) is 78.8 cm³/mol. The van der Waals surface area contributed by atoms with Gasteiger partial charge in [0, 0.05) is 13.1 Å². The zero-order valence-electron chi connectivity index (χ0n) is 12.0. The summed E-state index contributed by atoms with van der Waals surface area (Å²) in [5.74, 6) is 1.23. The lowest BCUT2D eigenvalue weighted by molar-refractivity contribution is 0.316. The Labute approximate surface area is 117 Å². The number of nitrogens with zero attached hydrogens (tertiary/aromatic N) is 3. The zero-order chi connectivity index (χ0) is 14.1. The van der Waals surface area contributed by atoms with Gasteiger partial charge in [-0.2, -0.15) is 10.1 Å². The number of aromatic amines is 1. The number of fused-ring (bicyclic) bond motifs is 1. The highest BCUT2D eigenvalue weighted by Gasteiger charge is 2.24. The third kappa shape index (κ3) is 2.30. The Morgan fingerprint density at radius 3 is 3.05 bits per heavy atom. The molecule has 6 nitrogen and oxygen atoms in total. The minimum Gasteiger partial charge on any atom is -0.353 e. The van der Waals surface area contributed by atoms with E-state index in [1.54, 1.807) is 17.9 Å². The molecule has 3 rings (SSSR count). The fourth-order valence-electron chi connectivity index (χ4n) is 3.16. The van der Waals surface area contributed by atoms with Crippen LogP contribution >= 0.6 is 0 Å². The van der Waals surface area contributed by atoms with Crippen LogP contribution in [-0.2, 0) is 7.05 Å². The third-order valence-corrected chi connectivity index (χ3v) is 4.36. The molecule has 1 saturated carbocycles. The Kier molecular flexibility index (Phi) is 3.46. The summed E-state index contributed by atoms with van der Waals surface area (Å²) in [6.45, 7) is 2.23. The molecule has 2 aromatic heterocycles. The summed E-state index contributed by atoms with van der Waals surface area (Å²) in [6, 6.07) is 0.405. The molecule has 108 valence electrons. The lowest BCUT2D eigenvalue weighted by Crippen LogP contribution is -2.33. The SMILES string of the molecule is CC[C@H]1CCCC[C@H]1Nc1nc2c(cnn2C)c(=O)[nH]1. The quantitative estimate of drug-likeness (QED) is 0.898. The van der Waals surface area contributed by atoms with Crippen molar-refractivity contribution in [2.75, 3.05) is 5.32 Å². The van der Waals surface area contributed by atoms with E-state index in [2.05, 4.69) is 27.3 Å². The maximum Gasteiger partial charge on any atom is 0.263 e. The summed E-state index contributed by atoms with van der Waals surface area (Å²) in [5, 5.41) is 8.04. The Morgan fingerprint density at radius 1 is 1.45 bits per heavy atom. The third-order valence-electron chi connectivity index (χ3n) is 4.36. The highest BCUT2D eigenvalue weighted by Crippen LogP contribution is 2.28. The highest BCUT2D eigenvalue weighted by molar-refractivity contribution is 5.74. The van der Waals surface area contributed by atoms with E-state index in [1.807, 2.05) is 0 Å². The van der Waals surface area contributed by atoms with Crippen LogP contribution in [0.3, 0.4) is 0 Å². The number of aryl methyl sites for hydroxylation is 1. The van der Waals surface area contributed by atoms with Gasteiger partial charge in [0.2, 0.25) is 5.95 Å².